The lowest BCUT2D eigenvalue weighted by molar-refractivity contribution is 0.321. The molecule has 1 aliphatic carbocycles. The molecule has 0 spiro atoms. The van der Waals surface area contributed by atoms with Crippen molar-refractivity contribution in [2.75, 3.05) is 17.7 Å². The first kappa shape index (κ1) is 35.9. The lowest BCUT2D eigenvalue weighted by atomic mass is 9.96. The van der Waals surface area contributed by atoms with Gasteiger partial charge in [0.1, 0.15) is 15.6 Å². The lowest BCUT2D eigenvalue weighted by Gasteiger charge is -2.17. The average molecular weight is 775 g/mol. The minimum Gasteiger partial charge on any atom is -0.506 e. The third kappa shape index (κ3) is 6.43. The summed E-state index contributed by atoms with van der Waals surface area (Å²) in [5, 5.41) is 21.4. The van der Waals surface area contributed by atoms with Crippen molar-refractivity contribution in [3.8, 4) is 0 Å². The molecule has 0 fully saturated rings. The van der Waals surface area contributed by atoms with Crippen molar-refractivity contribution < 1.29 is 53.3 Å². The fourth-order valence-electron chi connectivity index (χ4n) is 5.71. The topological polar surface area (TPSA) is 280 Å². The van der Waals surface area contributed by atoms with E-state index in [2.05, 4.69) is 10.3 Å². The molecular formula is C31H22N2O14S4. The van der Waals surface area contributed by atoms with Crippen LogP contribution in [0.3, 0.4) is 0 Å². The molecule has 2 aliphatic rings. The fraction of sp³-hybridized carbons (Fsp3) is 0.0645. The molecule has 0 amide bonds. The van der Waals surface area contributed by atoms with Crippen molar-refractivity contribution in [2.45, 2.75) is 19.6 Å². The Balaban J connectivity index is 1.88. The standard InChI is InChI=1S/C31H22N2O14S4/c34-10-11-48(38)16-8-9-22(50(42,43)44)20(13-16)32-21-14-23(51(45,46)47)28-26-24(18-6-1-2-7-19(18)30(36)25(21)26)27(31(37)33-28)29(35)15-4-3-5-17(12-15)49(39,40)41/h1-9,12-14,32,34-35H,10-11H2,(H,39,40,41)(H,42,43,44)(H,45,46,47). The third-order valence-corrected chi connectivity index (χ3v) is 11.8. The van der Waals surface area contributed by atoms with Gasteiger partial charge in [-0.1, -0.05) is 36.4 Å². The summed E-state index contributed by atoms with van der Waals surface area (Å²) in [6.07, 6.45) is 0. The van der Waals surface area contributed by atoms with Crippen LogP contribution in [0.5, 0.6) is 0 Å². The van der Waals surface area contributed by atoms with Crippen molar-refractivity contribution in [1.29, 1.82) is 0 Å². The summed E-state index contributed by atoms with van der Waals surface area (Å²) < 4.78 is 117. The number of fused-ring (bicyclic) bond motifs is 2. The van der Waals surface area contributed by atoms with E-state index in [1.807, 2.05) is 0 Å². The molecule has 0 bridgehead atoms. The van der Waals surface area contributed by atoms with Gasteiger partial charge in [0.15, 0.2) is 5.43 Å². The van der Waals surface area contributed by atoms with Gasteiger partial charge in [0.2, 0.25) is 0 Å². The van der Waals surface area contributed by atoms with Crippen molar-refractivity contribution in [1.82, 2.24) is 4.98 Å². The number of hydrogen-bond donors (Lipinski definition) is 6. The summed E-state index contributed by atoms with van der Waals surface area (Å²) >= 11 is 0. The van der Waals surface area contributed by atoms with E-state index >= 15 is 0 Å². The smallest absolute Gasteiger partial charge is 0.296 e. The molecule has 0 saturated carbocycles. The number of nitrogens with one attached hydrogen (secondary N) is 1. The first-order chi connectivity index (χ1) is 23.8. The maximum Gasteiger partial charge on any atom is 0.296 e. The molecule has 51 heavy (non-hydrogen) atoms. The van der Waals surface area contributed by atoms with Gasteiger partial charge < -0.3 is 15.5 Å². The maximum absolute atomic E-state index is 14.2. The number of benzene rings is 4. The summed E-state index contributed by atoms with van der Waals surface area (Å²) in [4.78, 5) is 29.2. The Morgan fingerprint density at radius 3 is 2.04 bits per heavy atom. The largest absolute Gasteiger partial charge is 0.506 e. The molecule has 1 heterocycles. The van der Waals surface area contributed by atoms with Crippen LogP contribution >= 0.6 is 0 Å². The van der Waals surface area contributed by atoms with E-state index in [9.17, 15) is 62.9 Å². The van der Waals surface area contributed by atoms with Crippen LogP contribution in [-0.4, -0.2) is 70.7 Å². The fourth-order valence-corrected chi connectivity index (χ4v) is 8.40. The van der Waals surface area contributed by atoms with E-state index < -0.39 is 112 Å². The van der Waals surface area contributed by atoms with Gasteiger partial charge in [-0.25, -0.2) is 4.98 Å². The van der Waals surface area contributed by atoms with E-state index in [0.717, 1.165) is 36.4 Å². The second kappa shape index (κ2) is 12.7. The predicted molar refractivity (Wildman–Crippen MR) is 183 cm³/mol. The quantitative estimate of drug-likeness (QED) is 0.113. The average Bonchev–Trinajstić information content (AvgIpc) is 3.05. The molecule has 0 aromatic heterocycles. The van der Waals surface area contributed by atoms with Crippen LogP contribution in [0.15, 0.2) is 102 Å². The van der Waals surface area contributed by atoms with Crippen LogP contribution in [-0.2, 0) is 41.2 Å². The van der Waals surface area contributed by atoms with E-state index in [-0.39, 0.29) is 32.2 Å². The van der Waals surface area contributed by atoms with Gasteiger partial charge in [-0.2, -0.15) is 25.3 Å². The normalized spacial score (nSPS) is 13.9. The molecule has 20 heteroatoms. The van der Waals surface area contributed by atoms with Crippen molar-refractivity contribution in [3.05, 3.63) is 115 Å². The minimum atomic E-state index is -5.31. The molecule has 1 atom stereocenters. The van der Waals surface area contributed by atoms with Gasteiger partial charge in [0.25, 0.3) is 35.9 Å². The second-order valence-electron chi connectivity index (χ2n) is 10.9. The van der Waals surface area contributed by atoms with Gasteiger partial charge in [-0.15, -0.1) is 0 Å². The SMILES string of the molecule is O=c1nc2c(S(=O)(=O)O)cc(Nc3cc(S(=O)CCO)ccc3S(=O)(=O)O)c3c2=c(c1=C(O)c1cccc(S(=O)(=O)O)c1)c1ccccc1c3=O. The van der Waals surface area contributed by atoms with Gasteiger partial charge in [0, 0.05) is 26.3 Å². The highest BCUT2D eigenvalue weighted by atomic mass is 32.2. The van der Waals surface area contributed by atoms with Crippen LogP contribution in [0.1, 0.15) is 5.56 Å². The minimum absolute atomic E-state index is 0.0227. The van der Waals surface area contributed by atoms with Crippen LogP contribution in [0, 0.1) is 10.4 Å². The molecular weight excluding hydrogens is 753 g/mol. The molecule has 1 aliphatic heterocycles. The maximum atomic E-state index is 14.2. The van der Waals surface area contributed by atoms with Crippen LogP contribution in [0.25, 0.3) is 27.4 Å². The summed E-state index contributed by atoms with van der Waals surface area (Å²) in [5.41, 5.74) is -4.18. The van der Waals surface area contributed by atoms with Crippen LogP contribution in [0.4, 0.5) is 11.4 Å². The predicted octanol–water partition coefficient (Wildman–Crippen LogP) is 1.29. The van der Waals surface area contributed by atoms with Gasteiger partial charge in [-0.05, 0) is 41.8 Å². The highest BCUT2D eigenvalue weighted by Crippen LogP contribution is 2.34. The second-order valence-corrected chi connectivity index (χ2v) is 16.7. The van der Waals surface area contributed by atoms with E-state index in [1.54, 1.807) is 0 Å². The zero-order valence-electron chi connectivity index (χ0n) is 25.3. The Hall–Kier alpha value is -4.93. The van der Waals surface area contributed by atoms with Gasteiger partial charge >= 0.3 is 0 Å². The number of aliphatic hydroxyl groups excluding tert-OH is 2. The van der Waals surface area contributed by atoms with Gasteiger partial charge in [0.05, 0.1) is 55.6 Å². The number of anilines is 2. The Kier molecular flexibility index (Phi) is 8.92. The zero-order valence-corrected chi connectivity index (χ0v) is 28.6. The summed E-state index contributed by atoms with van der Waals surface area (Å²) in [6, 6.07) is 13.4. The molecule has 1 unspecified atom stereocenters. The summed E-state index contributed by atoms with van der Waals surface area (Å²) in [6.45, 7) is -0.514. The Morgan fingerprint density at radius 1 is 0.745 bits per heavy atom. The molecule has 0 saturated heterocycles. The summed E-state index contributed by atoms with van der Waals surface area (Å²) in [5.74, 6) is -1.17. The highest BCUT2D eigenvalue weighted by Gasteiger charge is 2.27. The lowest BCUT2D eigenvalue weighted by Crippen LogP contribution is -2.33. The number of hydrogen-bond acceptors (Lipinski definition) is 13. The molecule has 4 aromatic carbocycles. The van der Waals surface area contributed by atoms with Crippen molar-refractivity contribution >= 4 is 80.0 Å². The van der Waals surface area contributed by atoms with Gasteiger partial charge in [-0.3, -0.25) is 27.5 Å². The van der Waals surface area contributed by atoms with Crippen molar-refractivity contribution in [3.63, 3.8) is 0 Å². The van der Waals surface area contributed by atoms with E-state index in [4.69, 9.17) is 0 Å². The highest BCUT2D eigenvalue weighted by molar-refractivity contribution is 7.86. The number of aromatic nitrogens is 1. The first-order valence-corrected chi connectivity index (χ1v) is 19.8. The number of aliphatic hydroxyl groups is 2. The molecule has 4 aromatic rings. The zero-order chi connectivity index (χ0) is 37.2. The molecule has 6 rings (SSSR count). The first-order valence-electron chi connectivity index (χ1n) is 14.2. The summed E-state index contributed by atoms with van der Waals surface area (Å²) in [7, 11) is -17.0. The molecule has 16 nitrogen and oxygen atoms in total. The van der Waals surface area contributed by atoms with Crippen molar-refractivity contribution in [2.24, 2.45) is 0 Å². The molecule has 264 valence electrons. The van der Waals surface area contributed by atoms with E-state index in [0.29, 0.717) is 6.07 Å². The van der Waals surface area contributed by atoms with E-state index in [1.165, 1.54) is 30.3 Å². The molecule has 0 radical (unpaired) electrons. The third-order valence-electron chi connectivity index (χ3n) is 7.82. The van der Waals surface area contributed by atoms with Crippen LogP contribution < -0.4 is 21.5 Å². The van der Waals surface area contributed by atoms with Crippen LogP contribution in [0.2, 0.25) is 0 Å². The Bertz CT molecular complexity index is 3070. The number of nitrogens with zero attached hydrogens (tertiary/aromatic N) is 1. The molecule has 6 N–H and O–H groups in total. The number of rotatable bonds is 9. The Labute approximate surface area is 289 Å². The Morgan fingerprint density at radius 2 is 1.41 bits per heavy atom. The monoisotopic (exact) mass is 774 g/mol.